The molecule has 0 aromatic rings. The molecule has 4 atom stereocenters. The molecule has 0 aliphatic rings. The minimum atomic E-state index is 0.942. The van der Waals surface area contributed by atoms with Crippen LogP contribution in [0.25, 0.3) is 0 Å². The Balaban J connectivity index is 2.99. The molecule has 0 heterocycles. The fourth-order valence-electron chi connectivity index (χ4n) is 0. The van der Waals surface area contributed by atoms with Crippen LogP contribution in [0.4, 0.5) is 0 Å². The van der Waals surface area contributed by atoms with E-state index >= 15 is 0 Å². The summed E-state index contributed by atoms with van der Waals surface area (Å²) in [6, 6.07) is 0. The summed E-state index contributed by atoms with van der Waals surface area (Å²) in [7, 11) is 0. The van der Waals surface area contributed by atoms with Crippen LogP contribution < -0.4 is 0 Å². The molecule has 0 aromatic heterocycles. The van der Waals surface area contributed by atoms with Gasteiger partial charge in [0.25, 0.3) is 0 Å². The van der Waals surface area contributed by atoms with Gasteiger partial charge in [-0.1, -0.05) is 0 Å². The quantitative estimate of drug-likeness (QED) is 0.529. The van der Waals surface area contributed by atoms with E-state index in [1.54, 1.807) is 0 Å². The molecule has 0 amide bonds. The van der Waals surface area contributed by atoms with E-state index in [-0.39, 0.29) is 0 Å². The molecule has 0 nitrogen and oxygen atoms in total. The van der Waals surface area contributed by atoms with Crippen LogP contribution in [0.5, 0.6) is 0 Å². The second-order valence-corrected chi connectivity index (χ2v) is 6.13. The van der Waals surface area contributed by atoms with Crippen LogP contribution in [-0.2, 0) is 0 Å². The summed E-state index contributed by atoms with van der Waals surface area (Å²) in [5.41, 5.74) is 0. The number of rotatable bonds is 1. The van der Waals surface area contributed by atoms with Crippen molar-refractivity contribution in [3.63, 3.8) is 0 Å². The average molecular weight is 210 g/mol. The normalized spacial score (nSPS) is 20.0. The van der Waals surface area contributed by atoms with Crippen molar-refractivity contribution in [3.05, 3.63) is 0 Å². The Morgan fingerprint density at radius 1 is 1.00 bits per heavy atom. The molecular formula is C4H12As2. The number of hydrogen-bond donors (Lipinski definition) is 0. The summed E-state index contributed by atoms with van der Waals surface area (Å²) in [6.07, 6.45) is 0. The molecule has 0 radical (unpaired) electrons. The van der Waals surface area contributed by atoms with Crippen LogP contribution in [0.3, 0.4) is 0 Å². The zero-order valence-electron chi connectivity index (χ0n) is 4.31. The van der Waals surface area contributed by atoms with Gasteiger partial charge in [-0.3, -0.25) is 0 Å². The predicted octanol–water partition coefficient (Wildman–Crippen LogP) is -0.131. The minimum absolute atomic E-state index is 0.942. The summed E-state index contributed by atoms with van der Waals surface area (Å²) < 4.78 is 1.88. The van der Waals surface area contributed by atoms with Crippen molar-refractivity contribution in [2.24, 2.45) is 0 Å². The van der Waals surface area contributed by atoms with E-state index in [1.165, 1.54) is 0 Å². The Labute approximate surface area is 57.1 Å². The van der Waals surface area contributed by atoms with Gasteiger partial charge in [0, 0.05) is 0 Å². The molecule has 4 unspecified atom stereocenters. The SMILES string of the molecule is CC([AsH2])C(C)[AsH2]. The Morgan fingerprint density at radius 3 is 1.17 bits per heavy atom. The van der Waals surface area contributed by atoms with Crippen molar-refractivity contribution in [3.8, 4) is 0 Å². The first-order valence-electron chi connectivity index (χ1n) is 2.15. The summed E-state index contributed by atoms with van der Waals surface area (Å²) in [5.74, 6) is 0. The van der Waals surface area contributed by atoms with Crippen molar-refractivity contribution >= 4 is 33.7 Å². The molecule has 0 spiro atoms. The molecule has 0 N–H and O–H groups in total. The van der Waals surface area contributed by atoms with Crippen LogP contribution >= 0.6 is 0 Å². The number of hydrogen-bond acceptors (Lipinski definition) is 0. The maximum absolute atomic E-state index is 2.28. The second-order valence-electron chi connectivity index (χ2n) is 1.72. The van der Waals surface area contributed by atoms with Crippen LogP contribution in [0.2, 0.25) is 9.41 Å². The van der Waals surface area contributed by atoms with Gasteiger partial charge in [-0.25, -0.2) is 0 Å². The Morgan fingerprint density at radius 2 is 1.17 bits per heavy atom. The van der Waals surface area contributed by atoms with Crippen LogP contribution in [0, 0.1) is 0 Å². The summed E-state index contributed by atoms with van der Waals surface area (Å²) in [4.78, 5) is 0. The van der Waals surface area contributed by atoms with Gasteiger partial charge in [0.1, 0.15) is 0 Å². The zero-order chi connectivity index (χ0) is 5.15. The van der Waals surface area contributed by atoms with Crippen LogP contribution in [-0.4, -0.2) is 33.7 Å². The summed E-state index contributed by atoms with van der Waals surface area (Å²) in [5, 5.41) is 0. The van der Waals surface area contributed by atoms with Gasteiger partial charge in [-0.2, -0.15) is 0 Å². The molecule has 0 fully saturated rings. The topological polar surface area (TPSA) is 0 Å². The van der Waals surface area contributed by atoms with E-state index in [2.05, 4.69) is 13.8 Å². The van der Waals surface area contributed by atoms with E-state index in [4.69, 9.17) is 0 Å². The molecule has 0 saturated carbocycles. The third-order valence-corrected chi connectivity index (χ3v) is 5.33. The van der Waals surface area contributed by atoms with Crippen molar-refractivity contribution in [2.45, 2.75) is 23.3 Å². The van der Waals surface area contributed by atoms with Gasteiger partial charge >= 0.3 is 57.0 Å². The van der Waals surface area contributed by atoms with E-state index in [9.17, 15) is 0 Å². The second kappa shape index (κ2) is 3.16. The van der Waals surface area contributed by atoms with E-state index in [1.807, 2.05) is 33.7 Å². The molecule has 6 heavy (non-hydrogen) atoms. The third kappa shape index (κ3) is 3.31. The molecule has 0 aliphatic carbocycles. The van der Waals surface area contributed by atoms with E-state index in [0.29, 0.717) is 0 Å². The van der Waals surface area contributed by atoms with Gasteiger partial charge in [0.15, 0.2) is 0 Å². The maximum atomic E-state index is 2.28. The van der Waals surface area contributed by atoms with Crippen molar-refractivity contribution < 1.29 is 0 Å². The van der Waals surface area contributed by atoms with Gasteiger partial charge in [-0.05, 0) is 0 Å². The Bertz CT molecular complexity index is 26.5. The fourth-order valence-corrected chi connectivity index (χ4v) is 0. The Kier molecular flexibility index (Phi) is 3.75. The standard InChI is InChI=1S/C4H12As2/c1-3(5)4(2)6/h3-4H,5-6H2,1-2H3. The van der Waals surface area contributed by atoms with Gasteiger partial charge in [0.2, 0.25) is 0 Å². The molecule has 0 saturated heterocycles. The monoisotopic (exact) mass is 210 g/mol. The van der Waals surface area contributed by atoms with Crippen molar-refractivity contribution in [1.29, 1.82) is 0 Å². The Hall–Kier alpha value is 1.12. The van der Waals surface area contributed by atoms with Gasteiger partial charge in [0.05, 0.1) is 0 Å². The average Bonchev–Trinajstić information content (AvgIpc) is 1.36. The fraction of sp³-hybridized carbons (Fsp3) is 1.00. The van der Waals surface area contributed by atoms with Crippen molar-refractivity contribution in [2.75, 3.05) is 0 Å². The third-order valence-electron chi connectivity index (χ3n) is 0.829. The molecule has 0 rings (SSSR count). The first-order chi connectivity index (χ1) is 2.64. The first kappa shape index (κ1) is 7.12. The van der Waals surface area contributed by atoms with E-state index < -0.39 is 0 Å². The molecule has 0 aromatic carbocycles. The van der Waals surface area contributed by atoms with Crippen molar-refractivity contribution in [1.82, 2.24) is 0 Å². The predicted molar refractivity (Wildman–Crippen MR) is 35.9 cm³/mol. The van der Waals surface area contributed by atoms with E-state index in [0.717, 1.165) is 9.41 Å². The zero-order valence-corrected chi connectivity index (χ0v) is 9.15. The first-order valence-corrected chi connectivity index (χ1v) is 4.95. The molecule has 2 heteroatoms. The molecular weight excluding hydrogens is 198 g/mol. The summed E-state index contributed by atoms with van der Waals surface area (Å²) >= 11 is 3.71. The van der Waals surface area contributed by atoms with Gasteiger partial charge in [-0.15, -0.1) is 0 Å². The summed E-state index contributed by atoms with van der Waals surface area (Å²) in [6.45, 7) is 4.57. The molecule has 0 bridgehead atoms. The van der Waals surface area contributed by atoms with Gasteiger partial charge < -0.3 is 0 Å². The van der Waals surface area contributed by atoms with Crippen LogP contribution in [0.1, 0.15) is 13.8 Å². The molecule has 38 valence electrons. The van der Waals surface area contributed by atoms with Crippen LogP contribution in [0.15, 0.2) is 0 Å². The molecule has 0 aliphatic heterocycles.